The molecule has 144 valence electrons. The van der Waals surface area contributed by atoms with Crippen LogP contribution in [0.4, 0.5) is 11.4 Å². The zero-order valence-electron chi connectivity index (χ0n) is 16.3. The van der Waals surface area contributed by atoms with Crippen molar-refractivity contribution in [1.29, 1.82) is 0 Å². The molecule has 2 aliphatic heterocycles. The van der Waals surface area contributed by atoms with Gasteiger partial charge in [0.25, 0.3) is 0 Å². The molecule has 2 aliphatic rings. The number of hydrogen-bond acceptors (Lipinski definition) is 4. The lowest BCUT2D eigenvalue weighted by atomic mass is 9.84. The van der Waals surface area contributed by atoms with Crippen molar-refractivity contribution in [3.8, 4) is 0 Å². The molecule has 2 fully saturated rings. The molecule has 2 N–H and O–H groups in total. The van der Waals surface area contributed by atoms with Crippen LogP contribution in [0.1, 0.15) is 40.0 Å². The van der Waals surface area contributed by atoms with Gasteiger partial charge in [-0.2, -0.15) is 0 Å². The van der Waals surface area contributed by atoms with Crippen LogP contribution < -0.4 is 15.5 Å². The first-order chi connectivity index (χ1) is 12.5. The molecule has 0 aromatic heterocycles. The summed E-state index contributed by atoms with van der Waals surface area (Å²) in [5.74, 6) is 1.20. The predicted molar refractivity (Wildman–Crippen MR) is 107 cm³/mol. The van der Waals surface area contributed by atoms with E-state index in [2.05, 4.69) is 42.4 Å². The van der Waals surface area contributed by atoms with Gasteiger partial charge in [-0.1, -0.05) is 19.1 Å². The third kappa shape index (κ3) is 4.98. The number of rotatable bonds is 5. The van der Waals surface area contributed by atoms with Gasteiger partial charge in [0, 0.05) is 19.5 Å². The Morgan fingerprint density at radius 3 is 2.58 bits per heavy atom. The van der Waals surface area contributed by atoms with Crippen molar-refractivity contribution in [3.63, 3.8) is 0 Å². The molecule has 0 saturated carbocycles. The van der Waals surface area contributed by atoms with E-state index in [1.54, 1.807) is 0 Å². The highest BCUT2D eigenvalue weighted by Gasteiger charge is 2.25. The van der Waals surface area contributed by atoms with Gasteiger partial charge in [-0.3, -0.25) is 4.79 Å². The Hall–Kier alpha value is -1.59. The molecular weight excluding hydrogens is 326 g/mol. The summed E-state index contributed by atoms with van der Waals surface area (Å²) in [5, 5.41) is 6.57. The second kappa shape index (κ2) is 8.87. The van der Waals surface area contributed by atoms with Crippen molar-refractivity contribution < 1.29 is 9.53 Å². The van der Waals surface area contributed by atoms with E-state index >= 15 is 0 Å². The summed E-state index contributed by atoms with van der Waals surface area (Å²) in [7, 11) is 0. The van der Waals surface area contributed by atoms with Gasteiger partial charge in [-0.05, 0) is 63.7 Å². The Bertz CT molecular complexity index is 591. The van der Waals surface area contributed by atoms with Gasteiger partial charge < -0.3 is 20.3 Å². The highest BCUT2D eigenvalue weighted by atomic mass is 16.5. The minimum atomic E-state index is 0.123. The van der Waals surface area contributed by atoms with Gasteiger partial charge in [0.1, 0.15) is 0 Å². The smallest absolute Gasteiger partial charge is 0.224 e. The molecule has 2 heterocycles. The van der Waals surface area contributed by atoms with E-state index in [1.807, 2.05) is 18.2 Å². The maximum Gasteiger partial charge on any atom is 0.224 e. The number of benzene rings is 1. The summed E-state index contributed by atoms with van der Waals surface area (Å²) >= 11 is 0. The summed E-state index contributed by atoms with van der Waals surface area (Å²) in [6, 6.07) is 8.12. The topological polar surface area (TPSA) is 53.6 Å². The SMILES string of the molecule is CC1CN(c2ccccc2NC(=O)CC(C)C2CCNCC2)CC(C)O1. The van der Waals surface area contributed by atoms with Crippen LogP contribution in [-0.2, 0) is 9.53 Å². The van der Waals surface area contributed by atoms with Crippen LogP contribution in [0.5, 0.6) is 0 Å². The number of carbonyl (C=O) groups excluding carboxylic acids is 1. The van der Waals surface area contributed by atoms with Crippen molar-refractivity contribution in [1.82, 2.24) is 5.32 Å². The largest absolute Gasteiger partial charge is 0.372 e. The van der Waals surface area contributed by atoms with Crippen LogP contribution in [-0.4, -0.2) is 44.3 Å². The fourth-order valence-corrected chi connectivity index (χ4v) is 4.30. The van der Waals surface area contributed by atoms with E-state index in [0.29, 0.717) is 18.3 Å². The average molecular weight is 360 g/mol. The molecule has 5 heteroatoms. The first-order valence-corrected chi connectivity index (χ1v) is 10.0. The van der Waals surface area contributed by atoms with E-state index in [9.17, 15) is 4.79 Å². The molecule has 1 aromatic carbocycles. The number of nitrogens with one attached hydrogen (secondary N) is 2. The average Bonchev–Trinajstić information content (AvgIpc) is 2.62. The minimum absolute atomic E-state index is 0.123. The third-order valence-electron chi connectivity index (χ3n) is 5.63. The molecule has 0 radical (unpaired) electrons. The Morgan fingerprint density at radius 1 is 1.23 bits per heavy atom. The molecule has 3 atom stereocenters. The van der Waals surface area contributed by atoms with Gasteiger partial charge in [0.05, 0.1) is 23.6 Å². The van der Waals surface area contributed by atoms with Crippen molar-refractivity contribution in [2.75, 3.05) is 36.4 Å². The summed E-state index contributed by atoms with van der Waals surface area (Å²) in [5.41, 5.74) is 2.01. The number of para-hydroxylation sites is 2. The van der Waals surface area contributed by atoms with Crippen LogP contribution >= 0.6 is 0 Å². The van der Waals surface area contributed by atoms with E-state index in [0.717, 1.165) is 37.6 Å². The first-order valence-electron chi connectivity index (χ1n) is 10.0. The van der Waals surface area contributed by atoms with Crippen LogP contribution in [0.2, 0.25) is 0 Å². The maximum atomic E-state index is 12.7. The molecule has 0 bridgehead atoms. The fraction of sp³-hybridized carbons (Fsp3) is 0.667. The second-order valence-corrected chi connectivity index (χ2v) is 8.00. The van der Waals surface area contributed by atoms with Crippen LogP contribution in [0, 0.1) is 11.8 Å². The number of anilines is 2. The van der Waals surface area contributed by atoms with Crippen molar-refractivity contribution in [2.24, 2.45) is 11.8 Å². The van der Waals surface area contributed by atoms with E-state index in [4.69, 9.17) is 4.74 Å². The summed E-state index contributed by atoms with van der Waals surface area (Å²) in [6.45, 7) is 10.3. The minimum Gasteiger partial charge on any atom is -0.372 e. The summed E-state index contributed by atoms with van der Waals surface area (Å²) in [4.78, 5) is 15.0. The number of carbonyl (C=O) groups is 1. The molecule has 1 aromatic rings. The molecule has 0 spiro atoms. The molecule has 3 unspecified atom stereocenters. The lowest BCUT2D eigenvalue weighted by Crippen LogP contribution is -2.45. The number of morpholine rings is 1. The molecule has 2 saturated heterocycles. The Labute approximate surface area is 157 Å². The number of hydrogen-bond donors (Lipinski definition) is 2. The second-order valence-electron chi connectivity index (χ2n) is 8.00. The number of ether oxygens (including phenoxy) is 1. The number of amides is 1. The predicted octanol–water partition coefficient (Wildman–Crippen LogP) is 3.26. The van der Waals surface area contributed by atoms with E-state index in [1.165, 1.54) is 12.8 Å². The number of nitrogens with zero attached hydrogens (tertiary/aromatic N) is 1. The zero-order valence-corrected chi connectivity index (χ0v) is 16.3. The van der Waals surface area contributed by atoms with Crippen molar-refractivity contribution in [3.05, 3.63) is 24.3 Å². The highest BCUT2D eigenvalue weighted by Crippen LogP contribution is 2.30. The van der Waals surface area contributed by atoms with Gasteiger partial charge in [-0.25, -0.2) is 0 Å². The molecular formula is C21H33N3O2. The van der Waals surface area contributed by atoms with Gasteiger partial charge in [-0.15, -0.1) is 0 Å². The monoisotopic (exact) mass is 359 g/mol. The van der Waals surface area contributed by atoms with Gasteiger partial charge in [0.2, 0.25) is 5.91 Å². The van der Waals surface area contributed by atoms with Gasteiger partial charge in [0.15, 0.2) is 0 Å². The molecule has 3 rings (SSSR count). The fourth-order valence-electron chi connectivity index (χ4n) is 4.30. The standard InChI is InChI=1S/C21H33N3O2/c1-15(18-8-10-22-11-9-18)12-21(25)23-19-6-4-5-7-20(19)24-13-16(2)26-17(3)14-24/h4-7,15-18,22H,8-14H2,1-3H3,(H,23,25). The first kappa shape index (κ1) is 19.2. The molecule has 1 amide bonds. The van der Waals surface area contributed by atoms with E-state index < -0.39 is 0 Å². The quantitative estimate of drug-likeness (QED) is 0.847. The van der Waals surface area contributed by atoms with Crippen LogP contribution in [0.15, 0.2) is 24.3 Å². The summed E-state index contributed by atoms with van der Waals surface area (Å²) in [6.07, 6.45) is 3.34. The van der Waals surface area contributed by atoms with Crippen molar-refractivity contribution in [2.45, 2.75) is 52.2 Å². The lowest BCUT2D eigenvalue weighted by Gasteiger charge is -2.37. The van der Waals surface area contributed by atoms with E-state index in [-0.39, 0.29) is 18.1 Å². The Balaban J connectivity index is 1.63. The summed E-state index contributed by atoms with van der Waals surface area (Å²) < 4.78 is 5.84. The lowest BCUT2D eigenvalue weighted by molar-refractivity contribution is -0.117. The van der Waals surface area contributed by atoms with Crippen LogP contribution in [0.25, 0.3) is 0 Å². The molecule has 0 aliphatic carbocycles. The zero-order chi connectivity index (χ0) is 18.5. The Kier molecular flexibility index (Phi) is 6.54. The third-order valence-corrected chi connectivity index (χ3v) is 5.63. The van der Waals surface area contributed by atoms with Gasteiger partial charge >= 0.3 is 0 Å². The normalized spacial score (nSPS) is 25.7. The Morgan fingerprint density at radius 2 is 1.88 bits per heavy atom. The van der Waals surface area contributed by atoms with Crippen molar-refractivity contribution >= 4 is 17.3 Å². The molecule has 26 heavy (non-hydrogen) atoms. The highest BCUT2D eigenvalue weighted by molar-refractivity contribution is 5.94. The van der Waals surface area contributed by atoms with Crippen LogP contribution in [0.3, 0.4) is 0 Å². The maximum absolute atomic E-state index is 12.7. The molecule has 5 nitrogen and oxygen atoms in total. The number of piperidine rings is 1.